The summed E-state index contributed by atoms with van der Waals surface area (Å²) < 4.78 is 9.10. The van der Waals surface area contributed by atoms with Crippen LogP contribution in [0, 0.1) is 0 Å². The lowest BCUT2D eigenvalue weighted by molar-refractivity contribution is 0.191. The van der Waals surface area contributed by atoms with Gasteiger partial charge in [0.1, 0.15) is 16.7 Å². The van der Waals surface area contributed by atoms with Crippen LogP contribution < -0.4 is 5.56 Å². The zero-order valence-corrected chi connectivity index (χ0v) is 17.5. The second-order valence-electron chi connectivity index (χ2n) is 7.40. The Morgan fingerprint density at radius 2 is 1.79 bits per heavy atom. The molecule has 4 aromatic rings. The van der Waals surface area contributed by atoms with E-state index in [1.807, 2.05) is 40.3 Å². The van der Waals surface area contributed by atoms with Crippen molar-refractivity contribution in [3.05, 3.63) is 40.4 Å². The molecule has 0 radical (unpaired) electrons. The molecule has 0 saturated carbocycles. The van der Waals surface area contributed by atoms with Gasteiger partial charge >= 0.3 is 0 Å². The Morgan fingerprint density at radius 1 is 1.07 bits per heavy atom. The normalized spacial score (nSPS) is 13.0. The Hall–Kier alpha value is -2.80. The topological polar surface area (TPSA) is 74.8 Å². The molecular weight excluding hydrogens is 366 g/mol. The van der Waals surface area contributed by atoms with E-state index in [9.17, 15) is 4.79 Å². The zero-order chi connectivity index (χ0) is 20.5. The first kappa shape index (κ1) is 19.5. The largest absolute Gasteiger partial charge is 0.385 e. The summed E-state index contributed by atoms with van der Waals surface area (Å²) in [6.07, 6.45) is 2.36. The van der Waals surface area contributed by atoms with E-state index < -0.39 is 0 Å². The second kappa shape index (κ2) is 7.91. The maximum atomic E-state index is 13.6. The Morgan fingerprint density at radius 3 is 2.45 bits per heavy atom. The molecule has 0 aliphatic rings. The molecule has 0 amide bonds. The lowest BCUT2D eigenvalue weighted by Gasteiger charge is -2.17. The first-order valence-corrected chi connectivity index (χ1v) is 10.3. The molecule has 1 atom stereocenters. The SMILES string of the molecule is CCc1nc2c(c(=O)n1C(C)CC)c1nc3ccccc3nc1n2CCCOC. The molecule has 0 aliphatic carbocycles. The summed E-state index contributed by atoms with van der Waals surface area (Å²) in [4.78, 5) is 28.2. The van der Waals surface area contributed by atoms with Gasteiger partial charge in [0, 0.05) is 32.7 Å². The predicted molar refractivity (Wildman–Crippen MR) is 115 cm³/mol. The van der Waals surface area contributed by atoms with Crippen molar-refractivity contribution in [2.45, 2.75) is 52.6 Å². The zero-order valence-electron chi connectivity index (χ0n) is 17.5. The number of ether oxygens (including phenoxy) is 1. The van der Waals surface area contributed by atoms with Gasteiger partial charge in [-0.25, -0.2) is 15.0 Å². The van der Waals surface area contributed by atoms with E-state index in [4.69, 9.17) is 19.7 Å². The summed E-state index contributed by atoms with van der Waals surface area (Å²) in [6.45, 7) is 7.49. The van der Waals surface area contributed by atoms with Gasteiger partial charge in [-0.15, -0.1) is 0 Å². The minimum atomic E-state index is -0.0266. The van der Waals surface area contributed by atoms with Crippen LogP contribution in [0.3, 0.4) is 0 Å². The molecule has 3 heterocycles. The maximum Gasteiger partial charge on any atom is 0.265 e. The van der Waals surface area contributed by atoms with Crippen molar-refractivity contribution in [3.8, 4) is 0 Å². The van der Waals surface area contributed by atoms with Gasteiger partial charge in [-0.3, -0.25) is 9.36 Å². The third-order valence-corrected chi connectivity index (χ3v) is 5.55. The van der Waals surface area contributed by atoms with Gasteiger partial charge in [-0.2, -0.15) is 0 Å². The Kier molecular flexibility index (Phi) is 5.32. The van der Waals surface area contributed by atoms with E-state index in [0.29, 0.717) is 41.8 Å². The smallest absolute Gasteiger partial charge is 0.265 e. The van der Waals surface area contributed by atoms with Crippen molar-refractivity contribution in [3.63, 3.8) is 0 Å². The van der Waals surface area contributed by atoms with E-state index >= 15 is 0 Å². The molecule has 7 nitrogen and oxygen atoms in total. The van der Waals surface area contributed by atoms with Crippen LogP contribution in [0.25, 0.3) is 33.2 Å². The van der Waals surface area contributed by atoms with Crippen molar-refractivity contribution < 1.29 is 4.74 Å². The highest BCUT2D eigenvalue weighted by molar-refractivity contribution is 6.04. The van der Waals surface area contributed by atoms with Crippen LogP contribution in [0.1, 0.15) is 45.5 Å². The van der Waals surface area contributed by atoms with Crippen molar-refractivity contribution in [1.29, 1.82) is 0 Å². The van der Waals surface area contributed by atoms with Gasteiger partial charge in [0.2, 0.25) is 0 Å². The quantitative estimate of drug-likeness (QED) is 0.446. The van der Waals surface area contributed by atoms with Gasteiger partial charge in [0.25, 0.3) is 5.56 Å². The maximum absolute atomic E-state index is 13.6. The van der Waals surface area contributed by atoms with Crippen LogP contribution in [-0.2, 0) is 17.7 Å². The summed E-state index contributed by atoms with van der Waals surface area (Å²) in [7, 11) is 1.69. The van der Waals surface area contributed by atoms with Gasteiger partial charge < -0.3 is 9.30 Å². The van der Waals surface area contributed by atoms with E-state index in [2.05, 4.69) is 13.8 Å². The van der Waals surface area contributed by atoms with Crippen molar-refractivity contribution in [1.82, 2.24) is 24.1 Å². The Labute approximate surface area is 169 Å². The van der Waals surface area contributed by atoms with Crippen LogP contribution >= 0.6 is 0 Å². The van der Waals surface area contributed by atoms with Crippen LogP contribution in [0.5, 0.6) is 0 Å². The van der Waals surface area contributed by atoms with Crippen molar-refractivity contribution in [2.75, 3.05) is 13.7 Å². The predicted octanol–water partition coefficient (Wildman–Crippen LogP) is 3.86. The Bertz CT molecular complexity index is 1240. The molecule has 0 aliphatic heterocycles. The molecule has 29 heavy (non-hydrogen) atoms. The summed E-state index contributed by atoms with van der Waals surface area (Å²) in [5, 5.41) is 0.563. The van der Waals surface area contributed by atoms with E-state index in [1.165, 1.54) is 0 Å². The molecule has 1 aromatic carbocycles. The molecule has 1 unspecified atom stereocenters. The minimum Gasteiger partial charge on any atom is -0.385 e. The molecule has 0 spiro atoms. The fourth-order valence-electron chi connectivity index (χ4n) is 3.88. The third kappa shape index (κ3) is 3.19. The van der Waals surface area contributed by atoms with Crippen molar-refractivity contribution >= 4 is 33.2 Å². The first-order chi connectivity index (χ1) is 14.1. The number of aromatic nitrogens is 5. The fourth-order valence-corrected chi connectivity index (χ4v) is 3.88. The number of rotatable bonds is 7. The minimum absolute atomic E-state index is 0.0266. The van der Waals surface area contributed by atoms with Crippen LogP contribution in [-0.4, -0.2) is 37.8 Å². The number of aryl methyl sites for hydroxylation is 2. The lowest BCUT2D eigenvalue weighted by Crippen LogP contribution is -2.28. The van der Waals surface area contributed by atoms with Crippen LogP contribution in [0.4, 0.5) is 0 Å². The average Bonchev–Trinajstić information content (AvgIpc) is 3.04. The number of methoxy groups -OCH3 is 1. The monoisotopic (exact) mass is 393 g/mol. The number of para-hydroxylation sites is 2. The van der Waals surface area contributed by atoms with Gasteiger partial charge in [-0.05, 0) is 31.9 Å². The second-order valence-corrected chi connectivity index (χ2v) is 7.40. The van der Waals surface area contributed by atoms with Crippen LogP contribution in [0.2, 0.25) is 0 Å². The molecule has 3 aromatic heterocycles. The summed E-state index contributed by atoms with van der Waals surface area (Å²) in [5.41, 5.74) is 3.59. The number of hydrogen-bond donors (Lipinski definition) is 0. The summed E-state index contributed by atoms with van der Waals surface area (Å²) in [5.74, 6) is 0.803. The lowest BCUT2D eigenvalue weighted by atomic mass is 10.2. The van der Waals surface area contributed by atoms with Gasteiger partial charge in [0.05, 0.1) is 11.0 Å². The van der Waals surface area contributed by atoms with E-state index in [0.717, 1.165) is 29.7 Å². The average molecular weight is 393 g/mol. The van der Waals surface area contributed by atoms with Gasteiger partial charge in [-0.1, -0.05) is 26.0 Å². The fraction of sp³-hybridized carbons (Fsp3) is 0.455. The van der Waals surface area contributed by atoms with E-state index in [1.54, 1.807) is 7.11 Å². The summed E-state index contributed by atoms with van der Waals surface area (Å²) >= 11 is 0. The number of fused-ring (bicyclic) bond motifs is 4. The summed E-state index contributed by atoms with van der Waals surface area (Å²) in [6, 6.07) is 7.84. The highest BCUT2D eigenvalue weighted by Gasteiger charge is 2.23. The third-order valence-electron chi connectivity index (χ3n) is 5.55. The van der Waals surface area contributed by atoms with Gasteiger partial charge in [0.15, 0.2) is 11.3 Å². The molecule has 0 N–H and O–H groups in total. The number of nitrogens with zero attached hydrogens (tertiary/aromatic N) is 5. The molecule has 0 saturated heterocycles. The van der Waals surface area contributed by atoms with Crippen LogP contribution in [0.15, 0.2) is 29.1 Å². The molecule has 0 bridgehead atoms. The van der Waals surface area contributed by atoms with E-state index in [-0.39, 0.29) is 11.6 Å². The highest BCUT2D eigenvalue weighted by atomic mass is 16.5. The standard InChI is InChI=1S/C22H27N5O2/c1-5-14(3)27-17(6-2)25-20-18(22(27)28)19-21(26(20)12-9-13-29-4)24-16-11-8-7-10-15(16)23-19/h7-8,10-11,14H,5-6,9,12-13H2,1-4H3. The first-order valence-electron chi connectivity index (χ1n) is 10.3. The molecule has 4 rings (SSSR count). The Balaban J connectivity index is 2.13. The molecular formula is C22H27N5O2. The van der Waals surface area contributed by atoms with Crippen molar-refractivity contribution in [2.24, 2.45) is 0 Å². The number of hydrogen-bond acceptors (Lipinski definition) is 5. The highest BCUT2D eigenvalue weighted by Crippen LogP contribution is 2.26. The number of benzene rings is 1. The molecule has 7 heteroatoms. The molecule has 0 fully saturated rings. The molecule has 152 valence electrons.